The van der Waals surface area contributed by atoms with Crippen LogP contribution in [0.2, 0.25) is 0 Å². The van der Waals surface area contributed by atoms with Gasteiger partial charge in [0.2, 0.25) is 0 Å². The number of esters is 2. The lowest BCUT2D eigenvalue weighted by Gasteiger charge is -2.12. The fourth-order valence-electron chi connectivity index (χ4n) is 2.45. The second kappa shape index (κ2) is 6.96. The topological polar surface area (TPSA) is 61.8 Å². The van der Waals surface area contributed by atoms with Crippen molar-refractivity contribution in [3.05, 3.63) is 33.3 Å². The van der Waals surface area contributed by atoms with Crippen molar-refractivity contribution >= 4 is 33.4 Å². The molecule has 22 heavy (non-hydrogen) atoms. The molecule has 0 N–H and O–H groups in total. The lowest BCUT2D eigenvalue weighted by atomic mass is 10.0. The van der Waals surface area contributed by atoms with E-state index >= 15 is 0 Å². The lowest BCUT2D eigenvalue weighted by molar-refractivity contribution is -0.140. The minimum absolute atomic E-state index is 0.226. The van der Waals surface area contributed by atoms with Gasteiger partial charge in [-0.25, -0.2) is 9.59 Å². The molecule has 0 atom stereocenters. The van der Waals surface area contributed by atoms with Crippen LogP contribution in [0.4, 0.5) is 0 Å². The average molecular weight is 369 g/mol. The van der Waals surface area contributed by atoms with Crippen LogP contribution in [0.5, 0.6) is 5.75 Å². The van der Waals surface area contributed by atoms with Gasteiger partial charge >= 0.3 is 11.9 Å². The molecule has 0 saturated heterocycles. The summed E-state index contributed by atoms with van der Waals surface area (Å²) in [6.07, 6.45) is 0.306. The summed E-state index contributed by atoms with van der Waals surface area (Å²) in [5.41, 5.74) is 1.96. The van der Waals surface area contributed by atoms with Gasteiger partial charge in [0.25, 0.3) is 0 Å². The third-order valence-electron chi connectivity index (χ3n) is 3.34. The molecule has 0 aliphatic heterocycles. The van der Waals surface area contributed by atoms with Crippen LogP contribution in [0.15, 0.2) is 22.2 Å². The Bertz CT molecular complexity index is 648. The maximum absolute atomic E-state index is 12.3. The minimum Gasteiger partial charge on any atom is -0.496 e. The molecular weight excluding hydrogens is 352 g/mol. The van der Waals surface area contributed by atoms with Crippen LogP contribution in [-0.2, 0) is 25.5 Å². The van der Waals surface area contributed by atoms with E-state index in [1.807, 2.05) is 6.07 Å². The zero-order valence-corrected chi connectivity index (χ0v) is 14.3. The lowest BCUT2D eigenvalue weighted by Crippen LogP contribution is -2.13. The van der Waals surface area contributed by atoms with Crippen molar-refractivity contribution in [2.75, 3.05) is 20.3 Å². The Hall–Kier alpha value is -1.82. The van der Waals surface area contributed by atoms with E-state index in [0.29, 0.717) is 23.3 Å². The molecule has 1 aromatic rings. The smallest absolute Gasteiger partial charge is 0.339 e. The van der Waals surface area contributed by atoms with E-state index < -0.39 is 11.9 Å². The summed E-state index contributed by atoms with van der Waals surface area (Å²) in [5, 5.41) is 0. The molecule has 0 aromatic heterocycles. The Morgan fingerprint density at radius 1 is 1.14 bits per heavy atom. The molecule has 1 aliphatic rings. The van der Waals surface area contributed by atoms with Gasteiger partial charge in [-0.2, -0.15) is 0 Å². The van der Waals surface area contributed by atoms with Gasteiger partial charge in [0.05, 0.1) is 31.5 Å². The molecule has 0 radical (unpaired) electrons. The second-order valence-electron chi connectivity index (χ2n) is 4.57. The standard InChI is InChI=1S/C16H17BrO5/c1-4-21-15(18)10-8-9-11(17)6-7-12(20-3)13(9)14(10)16(19)22-5-2/h6-7H,4-5,8H2,1-3H3. The first-order chi connectivity index (χ1) is 10.5. The first-order valence-electron chi connectivity index (χ1n) is 6.98. The second-order valence-corrected chi connectivity index (χ2v) is 5.43. The molecule has 118 valence electrons. The Balaban J connectivity index is 2.62. The van der Waals surface area contributed by atoms with E-state index in [2.05, 4.69) is 15.9 Å². The zero-order valence-electron chi connectivity index (χ0n) is 12.7. The Labute approximate surface area is 137 Å². The highest BCUT2D eigenvalue weighted by Gasteiger charge is 2.35. The van der Waals surface area contributed by atoms with E-state index in [1.54, 1.807) is 19.9 Å². The van der Waals surface area contributed by atoms with E-state index in [4.69, 9.17) is 14.2 Å². The van der Waals surface area contributed by atoms with Crippen LogP contribution < -0.4 is 4.74 Å². The number of hydrogen-bond donors (Lipinski definition) is 0. The van der Waals surface area contributed by atoms with Gasteiger partial charge in [-0.05, 0) is 31.5 Å². The van der Waals surface area contributed by atoms with Gasteiger partial charge in [-0.1, -0.05) is 15.9 Å². The van der Waals surface area contributed by atoms with Crippen LogP contribution in [0.1, 0.15) is 25.0 Å². The molecule has 0 unspecified atom stereocenters. The molecule has 0 saturated carbocycles. The molecule has 6 heteroatoms. The van der Waals surface area contributed by atoms with Crippen LogP contribution in [0.25, 0.3) is 5.57 Å². The number of halogens is 1. The Kier molecular flexibility index (Phi) is 5.24. The molecule has 0 bridgehead atoms. The molecule has 1 aliphatic carbocycles. The summed E-state index contributed by atoms with van der Waals surface area (Å²) >= 11 is 3.46. The minimum atomic E-state index is -0.541. The summed E-state index contributed by atoms with van der Waals surface area (Å²) < 4.78 is 16.3. The predicted octanol–water partition coefficient (Wildman–Crippen LogP) is 2.89. The Morgan fingerprint density at radius 3 is 2.36 bits per heavy atom. The predicted molar refractivity (Wildman–Crippen MR) is 84.6 cm³/mol. The Morgan fingerprint density at radius 2 is 1.77 bits per heavy atom. The van der Waals surface area contributed by atoms with Crippen LogP contribution in [-0.4, -0.2) is 32.3 Å². The van der Waals surface area contributed by atoms with E-state index in [0.717, 1.165) is 10.0 Å². The quantitative estimate of drug-likeness (QED) is 0.747. The van der Waals surface area contributed by atoms with Crippen molar-refractivity contribution < 1.29 is 23.8 Å². The van der Waals surface area contributed by atoms with Gasteiger partial charge < -0.3 is 14.2 Å². The molecule has 0 heterocycles. The molecule has 0 fully saturated rings. The van der Waals surface area contributed by atoms with Gasteiger partial charge in [0.1, 0.15) is 5.75 Å². The highest BCUT2D eigenvalue weighted by molar-refractivity contribution is 9.10. The number of hydrogen-bond acceptors (Lipinski definition) is 5. The normalized spacial score (nSPS) is 12.9. The van der Waals surface area contributed by atoms with Gasteiger partial charge in [-0.3, -0.25) is 0 Å². The summed E-state index contributed by atoms with van der Waals surface area (Å²) in [7, 11) is 1.52. The third kappa shape index (κ3) is 2.88. The van der Waals surface area contributed by atoms with Crippen LogP contribution in [0, 0.1) is 0 Å². The van der Waals surface area contributed by atoms with Crippen molar-refractivity contribution in [3.63, 3.8) is 0 Å². The summed E-state index contributed by atoms with van der Waals surface area (Å²) in [5.74, 6) is -0.517. The zero-order chi connectivity index (χ0) is 16.3. The number of carbonyl (C=O) groups excluding carboxylic acids is 2. The van der Waals surface area contributed by atoms with E-state index in [9.17, 15) is 9.59 Å². The van der Waals surface area contributed by atoms with E-state index in [-0.39, 0.29) is 18.8 Å². The molecule has 0 amide bonds. The van der Waals surface area contributed by atoms with Gasteiger partial charge in [0, 0.05) is 16.5 Å². The molecular formula is C16H17BrO5. The van der Waals surface area contributed by atoms with Crippen molar-refractivity contribution in [1.82, 2.24) is 0 Å². The maximum Gasteiger partial charge on any atom is 0.339 e. The summed E-state index contributed by atoms with van der Waals surface area (Å²) in [6, 6.07) is 3.57. The number of carbonyl (C=O) groups is 2. The average Bonchev–Trinajstić information content (AvgIpc) is 2.90. The first kappa shape index (κ1) is 16.5. The van der Waals surface area contributed by atoms with E-state index in [1.165, 1.54) is 7.11 Å². The fraction of sp³-hybridized carbons (Fsp3) is 0.375. The highest BCUT2D eigenvalue weighted by atomic mass is 79.9. The first-order valence-corrected chi connectivity index (χ1v) is 7.77. The van der Waals surface area contributed by atoms with Crippen molar-refractivity contribution in [2.45, 2.75) is 20.3 Å². The highest BCUT2D eigenvalue weighted by Crippen LogP contribution is 2.43. The number of fused-ring (bicyclic) bond motifs is 1. The SMILES string of the molecule is CCOC(=O)C1=C(C(=O)OCC)c2c(OC)ccc(Br)c2C1. The van der Waals surface area contributed by atoms with Crippen molar-refractivity contribution in [3.8, 4) is 5.75 Å². The number of rotatable bonds is 5. The monoisotopic (exact) mass is 368 g/mol. The van der Waals surface area contributed by atoms with Gasteiger partial charge in [-0.15, -0.1) is 0 Å². The molecule has 0 spiro atoms. The fourth-order valence-corrected chi connectivity index (χ4v) is 2.93. The number of benzene rings is 1. The van der Waals surface area contributed by atoms with Crippen molar-refractivity contribution in [1.29, 1.82) is 0 Å². The molecule has 1 aromatic carbocycles. The number of methoxy groups -OCH3 is 1. The van der Waals surface area contributed by atoms with Gasteiger partial charge in [0.15, 0.2) is 0 Å². The largest absolute Gasteiger partial charge is 0.496 e. The summed E-state index contributed by atoms with van der Waals surface area (Å²) in [4.78, 5) is 24.5. The third-order valence-corrected chi connectivity index (χ3v) is 4.09. The maximum atomic E-state index is 12.3. The summed E-state index contributed by atoms with van der Waals surface area (Å²) in [6.45, 7) is 3.91. The number of ether oxygens (including phenoxy) is 3. The molecule has 2 rings (SSSR count). The van der Waals surface area contributed by atoms with Crippen LogP contribution in [0.3, 0.4) is 0 Å². The van der Waals surface area contributed by atoms with Crippen molar-refractivity contribution in [2.24, 2.45) is 0 Å². The molecule has 5 nitrogen and oxygen atoms in total. The van der Waals surface area contributed by atoms with Crippen LogP contribution >= 0.6 is 15.9 Å².